The van der Waals surface area contributed by atoms with E-state index in [1.165, 1.54) is 25.6 Å². The zero-order valence-corrected chi connectivity index (χ0v) is 19.4. The largest absolute Gasteiger partial charge is 0.496 e. The molecule has 0 unspecified atom stereocenters. The lowest BCUT2D eigenvalue weighted by atomic mass is 10.0. The number of benzene rings is 3. The van der Waals surface area contributed by atoms with Gasteiger partial charge in [0, 0.05) is 17.8 Å². The van der Waals surface area contributed by atoms with E-state index in [1.54, 1.807) is 54.0 Å². The van der Waals surface area contributed by atoms with E-state index in [0.29, 0.717) is 33.6 Å². The van der Waals surface area contributed by atoms with E-state index in [4.69, 9.17) is 4.74 Å². The fourth-order valence-electron chi connectivity index (χ4n) is 3.95. The molecule has 0 aliphatic heterocycles. The Kier molecular flexibility index (Phi) is 6.69. The van der Waals surface area contributed by atoms with E-state index in [9.17, 15) is 27.9 Å². The van der Waals surface area contributed by atoms with Crippen molar-refractivity contribution in [2.24, 2.45) is 0 Å². The van der Waals surface area contributed by atoms with Crippen LogP contribution in [0.5, 0.6) is 5.75 Å². The van der Waals surface area contributed by atoms with Gasteiger partial charge in [0.1, 0.15) is 17.6 Å². The van der Waals surface area contributed by atoms with Crippen molar-refractivity contribution < 1.29 is 32.6 Å². The number of nitrogens with one attached hydrogen (secondary N) is 1. The summed E-state index contributed by atoms with van der Waals surface area (Å²) in [6.07, 6.45) is -3.93. The average Bonchev–Trinajstić information content (AvgIpc) is 3.26. The van der Waals surface area contributed by atoms with Gasteiger partial charge in [0.2, 0.25) is 0 Å². The molecule has 10 heteroatoms. The maximum atomic E-state index is 13.4. The van der Waals surface area contributed by atoms with Gasteiger partial charge < -0.3 is 15.2 Å². The molecule has 0 bridgehead atoms. The van der Waals surface area contributed by atoms with Crippen molar-refractivity contribution >= 4 is 28.5 Å². The first-order valence-corrected chi connectivity index (χ1v) is 10.9. The summed E-state index contributed by atoms with van der Waals surface area (Å²) >= 11 is 0. The zero-order valence-electron chi connectivity index (χ0n) is 19.4. The molecule has 0 radical (unpaired) electrons. The Morgan fingerprint density at radius 1 is 1.08 bits per heavy atom. The van der Waals surface area contributed by atoms with Crippen molar-refractivity contribution in [3.05, 3.63) is 83.2 Å². The summed E-state index contributed by atoms with van der Waals surface area (Å²) in [7, 11) is 1.44. The van der Waals surface area contributed by atoms with E-state index in [2.05, 4.69) is 10.3 Å². The minimum atomic E-state index is -4.35. The first kappa shape index (κ1) is 24.8. The Bertz CT molecular complexity index is 1460. The van der Waals surface area contributed by atoms with Crippen molar-refractivity contribution in [1.29, 1.82) is 0 Å². The predicted molar refractivity (Wildman–Crippen MR) is 128 cm³/mol. The van der Waals surface area contributed by atoms with E-state index in [-0.39, 0.29) is 22.6 Å². The number of carbonyl (C=O) groups is 2. The lowest BCUT2D eigenvalue weighted by molar-refractivity contribution is -0.131. The number of aromatic nitrogens is 2. The number of ketones is 1. The molecule has 0 saturated carbocycles. The summed E-state index contributed by atoms with van der Waals surface area (Å²) in [6.45, 7) is 1.26. The molecule has 3 aromatic carbocycles. The molecule has 0 aliphatic carbocycles. The topological polar surface area (TPSA) is 93.5 Å². The van der Waals surface area contributed by atoms with Gasteiger partial charge in [-0.25, -0.2) is 9.78 Å². The number of alkyl halides is 3. The number of nitrogens with zero attached hydrogens (tertiary/aromatic N) is 2. The number of aryl methyl sites for hydroxylation is 1. The third-order valence-electron chi connectivity index (χ3n) is 5.71. The number of carbonyl (C=O) groups excluding carboxylic acids is 1. The minimum Gasteiger partial charge on any atom is -0.496 e. The number of methoxy groups -OCH3 is 1. The quantitative estimate of drug-likeness (QED) is 0.306. The van der Waals surface area contributed by atoms with E-state index < -0.39 is 25.1 Å². The fraction of sp³-hybridized carbons (Fsp3) is 0.192. The van der Waals surface area contributed by atoms with Crippen LogP contribution in [-0.4, -0.2) is 46.2 Å². The first-order chi connectivity index (χ1) is 17.1. The number of rotatable bonds is 8. The second-order valence-electron chi connectivity index (χ2n) is 8.13. The van der Waals surface area contributed by atoms with Gasteiger partial charge in [0.25, 0.3) is 0 Å². The summed E-state index contributed by atoms with van der Waals surface area (Å²) in [6, 6.07) is 14.5. The van der Waals surface area contributed by atoms with E-state index in [0.717, 1.165) is 0 Å². The highest BCUT2D eigenvalue weighted by Crippen LogP contribution is 2.31. The highest BCUT2D eigenvalue weighted by molar-refractivity contribution is 6.13. The normalized spacial score (nSPS) is 11.5. The van der Waals surface area contributed by atoms with Gasteiger partial charge >= 0.3 is 12.1 Å². The van der Waals surface area contributed by atoms with Crippen molar-refractivity contribution in [3.63, 3.8) is 0 Å². The van der Waals surface area contributed by atoms with Gasteiger partial charge in [-0.2, -0.15) is 13.2 Å². The second-order valence-corrected chi connectivity index (χ2v) is 8.13. The molecule has 1 aromatic heterocycles. The van der Waals surface area contributed by atoms with Crippen LogP contribution in [0.1, 0.15) is 38.3 Å². The summed E-state index contributed by atoms with van der Waals surface area (Å²) in [4.78, 5) is 29.2. The number of fused-ring (bicyclic) bond motifs is 1. The molecule has 1 heterocycles. The average molecular weight is 497 g/mol. The molecular weight excluding hydrogens is 475 g/mol. The molecule has 0 spiro atoms. The highest BCUT2D eigenvalue weighted by Gasteiger charge is 2.26. The summed E-state index contributed by atoms with van der Waals surface area (Å²) in [5.41, 5.74) is 2.88. The minimum absolute atomic E-state index is 0.143. The summed E-state index contributed by atoms with van der Waals surface area (Å²) < 4.78 is 45.3. The first-order valence-electron chi connectivity index (χ1n) is 10.9. The third kappa shape index (κ3) is 5.02. The van der Waals surface area contributed by atoms with Crippen molar-refractivity contribution in [2.75, 3.05) is 19.0 Å². The van der Waals surface area contributed by atoms with Crippen molar-refractivity contribution in [2.45, 2.75) is 19.5 Å². The molecule has 7 nitrogen and oxygen atoms in total. The number of hydrogen-bond acceptors (Lipinski definition) is 5. The molecule has 2 N–H and O–H groups in total. The molecule has 0 fully saturated rings. The van der Waals surface area contributed by atoms with Crippen LogP contribution in [0.2, 0.25) is 0 Å². The number of aromatic carboxylic acids is 1. The number of imidazole rings is 1. The SMILES string of the molecule is COc1ccccc1C(=O)c1cc(NCCC(F)(F)F)c2ncn(-c3ccc(C(=O)O)c(C)c3)c2c1. The molecule has 4 rings (SSSR count). The van der Waals surface area contributed by atoms with Crippen LogP contribution < -0.4 is 10.1 Å². The van der Waals surface area contributed by atoms with Gasteiger partial charge in [-0.05, 0) is 55.0 Å². The van der Waals surface area contributed by atoms with Gasteiger partial charge in [0.15, 0.2) is 5.78 Å². The lowest BCUT2D eigenvalue weighted by Crippen LogP contribution is -2.15. The Morgan fingerprint density at radius 2 is 1.83 bits per heavy atom. The number of carboxylic acid groups (broad SMARTS) is 1. The lowest BCUT2D eigenvalue weighted by Gasteiger charge is -2.13. The fourth-order valence-corrected chi connectivity index (χ4v) is 3.95. The van der Waals surface area contributed by atoms with Crippen molar-refractivity contribution in [1.82, 2.24) is 9.55 Å². The monoisotopic (exact) mass is 497 g/mol. The number of hydrogen-bond donors (Lipinski definition) is 2. The Balaban J connectivity index is 1.85. The highest BCUT2D eigenvalue weighted by atomic mass is 19.4. The maximum Gasteiger partial charge on any atom is 0.390 e. The van der Waals surface area contributed by atoms with Gasteiger partial charge in [-0.1, -0.05) is 12.1 Å². The standard InChI is InChI=1S/C26H22F3N3O4/c1-15-11-17(7-8-18(15)25(34)35)32-14-31-23-20(30-10-9-26(27,28)29)12-16(13-21(23)32)24(33)19-5-3-4-6-22(19)36-2/h3-8,11-14,30H,9-10H2,1-2H3,(H,34,35). The molecule has 4 aromatic rings. The van der Waals surface area contributed by atoms with Crippen LogP contribution in [0.15, 0.2) is 60.9 Å². The summed E-state index contributed by atoms with van der Waals surface area (Å²) in [5.74, 6) is -1.07. The van der Waals surface area contributed by atoms with E-state index >= 15 is 0 Å². The second kappa shape index (κ2) is 9.73. The predicted octanol–water partition coefficient (Wildman–Crippen LogP) is 5.64. The van der Waals surface area contributed by atoms with Crippen LogP contribution in [0.4, 0.5) is 18.9 Å². The van der Waals surface area contributed by atoms with E-state index in [1.807, 2.05) is 0 Å². The number of para-hydroxylation sites is 1. The maximum absolute atomic E-state index is 13.4. The number of halogens is 3. The van der Waals surface area contributed by atoms with Crippen LogP contribution in [0.3, 0.4) is 0 Å². The smallest absolute Gasteiger partial charge is 0.390 e. The van der Waals surface area contributed by atoms with Crippen molar-refractivity contribution in [3.8, 4) is 11.4 Å². The summed E-state index contributed by atoms with van der Waals surface area (Å²) in [5, 5.41) is 12.1. The molecular formula is C26H22F3N3O4. The number of anilines is 1. The Morgan fingerprint density at radius 3 is 2.50 bits per heavy atom. The van der Waals surface area contributed by atoms with Crippen LogP contribution in [-0.2, 0) is 0 Å². The number of carboxylic acids is 1. The van der Waals surface area contributed by atoms with Crippen LogP contribution >= 0.6 is 0 Å². The van der Waals surface area contributed by atoms with Gasteiger partial charge in [-0.3, -0.25) is 9.36 Å². The van der Waals surface area contributed by atoms with Gasteiger partial charge in [0.05, 0.1) is 35.9 Å². The molecule has 0 atom stereocenters. The molecule has 36 heavy (non-hydrogen) atoms. The zero-order chi connectivity index (χ0) is 26.0. The van der Waals surface area contributed by atoms with Crippen LogP contribution in [0, 0.1) is 6.92 Å². The number of ether oxygens (including phenoxy) is 1. The van der Waals surface area contributed by atoms with Crippen LogP contribution in [0.25, 0.3) is 16.7 Å². The Hall–Kier alpha value is -4.34. The molecule has 0 aliphatic rings. The molecule has 0 amide bonds. The van der Waals surface area contributed by atoms with Gasteiger partial charge in [-0.15, -0.1) is 0 Å². The third-order valence-corrected chi connectivity index (χ3v) is 5.71. The molecule has 0 saturated heterocycles. The Labute approximate surface area is 204 Å². The molecule has 186 valence electrons.